The Hall–Kier alpha value is -2.19. The van der Waals surface area contributed by atoms with Crippen LogP contribution in [0.2, 0.25) is 0 Å². The molecule has 26 heavy (non-hydrogen) atoms. The van der Waals surface area contributed by atoms with Crippen molar-refractivity contribution in [2.24, 2.45) is 0 Å². The predicted octanol–water partition coefficient (Wildman–Crippen LogP) is 2.02. The second-order valence-corrected chi connectivity index (χ2v) is 8.86. The number of fused-ring (bicyclic) bond motifs is 3. The molecule has 0 bridgehead atoms. The van der Waals surface area contributed by atoms with Crippen LogP contribution in [0.25, 0.3) is 5.69 Å². The number of hydrogen-bond acceptors (Lipinski definition) is 4. The van der Waals surface area contributed by atoms with Crippen LogP contribution in [0.3, 0.4) is 0 Å². The maximum absolute atomic E-state index is 13.1. The second kappa shape index (κ2) is 6.51. The molecule has 2 aliphatic rings. The van der Waals surface area contributed by atoms with E-state index in [-0.39, 0.29) is 17.3 Å². The SMILES string of the molecule is CN1Cc2c(C(=O)N3CCCCCC3)ncn2-c2ccccc2S1(=O)=O. The number of sulfonamides is 1. The van der Waals surface area contributed by atoms with E-state index in [4.69, 9.17) is 0 Å². The van der Waals surface area contributed by atoms with E-state index in [1.807, 2.05) is 4.90 Å². The number of benzene rings is 1. The van der Waals surface area contributed by atoms with Gasteiger partial charge in [-0.25, -0.2) is 13.4 Å². The summed E-state index contributed by atoms with van der Waals surface area (Å²) < 4.78 is 28.7. The number of rotatable bonds is 1. The number of aromatic nitrogens is 2. The zero-order valence-electron chi connectivity index (χ0n) is 14.8. The van der Waals surface area contributed by atoms with Crippen molar-refractivity contribution in [1.82, 2.24) is 18.8 Å². The predicted molar refractivity (Wildman–Crippen MR) is 96.6 cm³/mol. The van der Waals surface area contributed by atoms with Crippen molar-refractivity contribution in [1.29, 1.82) is 0 Å². The molecule has 8 heteroatoms. The summed E-state index contributed by atoms with van der Waals surface area (Å²) in [5.41, 5.74) is 1.51. The number of amides is 1. The van der Waals surface area contributed by atoms with Crippen molar-refractivity contribution in [3.8, 4) is 5.69 Å². The van der Waals surface area contributed by atoms with Crippen LogP contribution in [0.4, 0.5) is 0 Å². The number of imidazole rings is 1. The third-order valence-electron chi connectivity index (χ3n) is 5.15. The average Bonchev–Trinajstić information content (AvgIpc) is 2.82. The maximum Gasteiger partial charge on any atom is 0.274 e. The van der Waals surface area contributed by atoms with Crippen LogP contribution in [0.1, 0.15) is 41.9 Å². The van der Waals surface area contributed by atoms with Gasteiger partial charge in [-0.15, -0.1) is 0 Å². The van der Waals surface area contributed by atoms with Crippen LogP contribution in [-0.4, -0.2) is 53.2 Å². The van der Waals surface area contributed by atoms with Crippen molar-refractivity contribution in [3.05, 3.63) is 42.0 Å². The molecule has 0 aliphatic carbocycles. The van der Waals surface area contributed by atoms with E-state index < -0.39 is 10.0 Å². The van der Waals surface area contributed by atoms with E-state index in [0.29, 0.717) is 17.1 Å². The summed E-state index contributed by atoms with van der Waals surface area (Å²) in [4.78, 5) is 19.5. The normalized spacial score (nSPS) is 20.0. The van der Waals surface area contributed by atoms with Crippen LogP contribution >= 0.6 is 0 Å². The molecule has 138 valence electrons. The molecule has 3 heterocycles. The minimum atomic E-state index is -3.61. The number of likely N-dealkylation sites (tertiary alicyclic amines) is 1. The second-order valence-electron chi connectivity index (χ2n) is 6.85. The fraction of sp³-hybridized carbons (Fsp3) is 0.444. The molecule has 0 spiro atoms. The molecule has 2 aromatic rings. The number of nitrogens with zero attached hydrogens (tertiary/aromatic N) is 4. The lowest BCUT2D eigenvalue weighted by atomic mass is 10.2. The molecular weight excluding hydrogens is 352 g/mol. The first kappa shape index (κ1) is 17.2. The van der Waals surface area contributed by atoms with Gasteiger partial charge in [0, 0.05) is 20.1 Å². The van der Waals surface area contributed by atoms with Crippen molar-refractivity contribution in [2.75, 3.05) is 20.1 Å². The number of carbonyl (C=O) groups is 1. The molecule has 0 unspecified atom stereocenters. The quantitative estimate of drug-likeness (QED) is 0.765. The van der Waals surface area contributed by atoms with Gasteiger partial charge in [0.1, 0.15) is 11.2 Å². The molecule has 1 fully saturated rings. The third-order valence-corrected chi connectivity index (χ3v) is 7.00. The highest BCUT2D eigenvalue weighted by molar-refractivity contribution is 7.89. The molecule has 1 amide bonds. The molecular formula is C18H22N4O3S. The van der Waals surface area contributed by atoms with Crippen molar-refractivity contribution < 1.29 is 13.2 Å². The van der Waals surface area contributed by atoms with Crippen LogP contribution in [-0.2, 0) is 16.6 Å². The zero-order valence-corrected chi connectivity index (χ0v) is 15.6. The van der Waals surface area contributed by atoms with Crippen molar-refractivity contribution in [2.45, 2.75) is 37.1 Å². The van der Waals surface area contributed by atoms with Gasteiger partial charge in [0.2, 0.25) is 10.0 Å². The lowest BCUT2D eigenvalue weighted by Gasteiger charge is -2.20. The fourth-order valence-corrected chi connectivity index (χ4v) is 4.98. The molecule has 1 aromatic heterocycles. The lowest BCUT2D eigenvalue weighted by molar-refractivity contribution is 0.0754. The fourth-order valence-electron chi connectivity index (χ4n) is 3.67. The molecule has 0 radical (unpaired) electrons. The van der Waals surface area contributed by atoms with Gasteiger partial charge in [0.15, 0.2) is 5.69 Å². The molecule has 7 nitrogen and oxygen atoms in total. The smallest absolute Gasteiger partial charge is 0.274 e. The summed E-state index contributed by atoms with van der Waals surface area (Å²) >= 11 is 0. The monoisotopic (exact) mass is 374 g/mol. The highest BCUT2D eigenvalue weighted by Crippen LogP contribution is 2.30. The van der Waals surface area contributed by atoms with E-state index in [9.17, 15) is 13.2 Å². The standard InChI is InChI=1S/C18H22N4O3S/c1-20-12-15-17(18(23)21-10-6-2-3-7-11-21)19-13-22(15)14-8-4-5-9-16(14)26(20,24)25/h4-5,8-9,13H,2-3,6-7,10-12H2,1H3. The summed E-state index contributed by atoms with van der Waals surface area (Å²) in [6, 6.07) is 6.83. The topological polar surface area (TPSA) is 75.5 Å². The van der Waals surface area contributed by atoms with Gasteiger partial charge >= 0.3 is 0 Å². The Morgan fingerprint density at radius 3 is 2.50 bits per heavy atom. The minimum absolute atomic E-state index is 0.106. The van der Waals surface area contributed by atoms with Crippen LogP contribution in [0.15, 0.2) is 35.5 Å². The summed E-state index contributed by atoms with van der Waals surface area (Å²) in [6.45, 7) is 1.58. The summed E-state index contributed by atoms with van der Waals surface area (Å²) in [7, 11) is -2.07. The highest BCUT2D eigenvalue weighted by atomic mass is 32.2. The Balaban J connectivity index is 1.81. The Morgan fingerprint density at radius 2 is 1.77 bits per heavy atom. The van der Waals surface area contributed by atoms with Gasteiger partial charge in [-0.05, 0) is 25.0 Å². The highest BCUT2D eigenvalue weighted by Gasteiger charge is 2.33. The summed E-state index contributed by atoms with van der Waals surface area (Å²) in [5.74, 6) is -0.106. The van der Waals surface area contributed by atoms with Gasteiger partial charge in [-0.2, -0.15) is 4.31 Å². The molecule has 0 saturated carbocycles. The number of para-hydroxylation sites is 1. The first-order valence-corrected chi connectivity index (χ1v) is 10.4. The largest absolute Gasteiger partial charge is 0.337 e. The molecule has 1 saturated heterocycles. The minimum Gasteiger partial charge on any atom is -0.337 e. The first-order chi connectivity index (χ1) is 12.5. The molecule has 0 atom stereocenters. The summed E-state index contributed by atoms with van der Waals surface area (Å²) in [6.07, 6.45) is 5.84. The zero-order chi connectivity index (χ0) is 18.3. The average molecular weight is 374 g/mol. The molecule has 0 N–H and O–H groups in total. The van der Waals surface area contributed by atoms with Crippen LogP contribution < -0.4 is 0 Å². The number of hydrogen-bond donors (Lipinski definition) is 0. The van der Waals surface area contributed by atoms with Gasteiger partial charge in [-0.3, -0.25) is 9.36 Å². The van der Waals surface area contributed by atoms with Gasteiger partial charge in [0.25, 0.3) is 5.91 Å². The van der Waals surface area contributed by atoms with E-state index >= 15 is 0 Å². The van der Waals surface area contributed by atoms with Gasteiger partial charge in [0.05, 0.1) is 17.9 Å². The van der Waals surface area contributed by atoms with E-state index in [2.05, 4.69) is 4.98 Å². The summed E-state index contributed by atoms with van der Waals surface area (Å²) in [5, 5.41) is 0. The lowest BCUT2D eigenvalue weighted by Crippen LogP contribution is -2.33. The first-order valence-electron chi connectivity index (χ1n) is 8.91. The van der Waals surface area contributed by atoms with Crippen LogP contribution in [0, 0.1) is 0 Å². The molecule has 2 aliphatic heterocycles. The number of carbonyl (C=O) groups excluding carboxylic acids is 1. The Morgan fingerprint density at radius 1 is 1.08 bits per heavy atom. The van der Waals surface area contributed by atoms with Crippen LogP contribution in [0.5, 0.6) is 0 Å². The van der Waals surface area contributed by atoms with E-state index in [1.165, 1.54) is 11.4 Å². The van der Waals surface area contributed by atoms with E-state index in [0.717, 1.165) is 38.8 Å². The Kier molecular flexibility index (Phi) is 4.32. The Labute approximate surface area is 153 Å². The van der Waals surface area contributed by atoms with Gasteiger partial charge < -0.3 is 4.90 Å². The maximum atomic E-state index is 13.1. The Bertz CT molecular complexity index is 943. The molecule has 1 aromatic carbocycles. The third kappa shape index (κ3) is 2.73. The van der Waals surface area contributed by atoms with Crippen molar-refractivity contribution >= 4 is 15.9 Å². The van der Waals surface area contributed by atoms with Gasteiger partial charge in [-0.1, -0.05) is 25.0 Å². The van der Waals surface area contributed by atoms with Crippen molar-refractivity contribution in [3.63, 3.8) is 0 Å². The van der Waals surface area contributed by atoms with E-state index in [1.54, 1.807) is 35.2 Å². The molecule has 4 rings (SSSR count).